The van der Waals surface area contributed by atoms with E-state index in [1.807, 2.05) is 0 Å². The lowest BCUT2D eigenvalue weighted by Crippen LogP contribution is -2.49. The van der Waals surface area contributed by atoms with E-state index < -0.39 is 17.4 Å². The molecule has 0 saturated heterocycles. The van der Waals surface area contributed by atoms with Gasteiger partial charge >= 0.3 is 5.97 Å². The molecule has 0 fully saturated rings. The second kappa shape index (κ2) is 5.99. The fraction of sp³-hybridized carbons (Fsp3) is 0.308. The molecule has 0 heterocycles. The van der Waals surface area contributed by atoms with Crippen molar-refractivity contribution < 1.29 is 19.1 Å². The van der Waals surface area contributed by atoms with Crippen LogP contribution in [0.3, 0.4) is 0 Å². The Morgan fingerprint density at radius 2 is 1.89 bits per heavy atom. The summed E-state index contributed by atoms with van der Waals surface area (Å²) in [4.78, 5) is 34.0. The van der Waals surface area contributed by atoms with E-state index >= 15 is 0 Å². The number of methoxy groups -OCH3 is 1. The highest BCUT2D eigenvalue weighted by atomic mass is 16.5. The van der Waals surface area contributed by atoms with E-state index in [9.17, 15) is 14.4 Å². The molecule has 2 amide bonds. The predicted molar refractivity (Wildman–Crippen MR) is 69.7 cm³/mol. The van der Waals surface area contributed by atoms with Gasteiger partial charge in [-0.1, -0.05) is 12.1 Å². The lowest BCUT2D eigenvalue weighted by atomic mass is 10.0. The van der Waals surface area contributed by atoms with Gasteiger partial charge in [-0.15, -0.1) is 0 Å². The van der Waals surface area contributed by atoms with Crippen LogP contribution in [0, 0.1) is 0 Å². The summed E-state index contributed by atoms with van der Waals surface area (Å²) in [6, 6.07) is 6.47. The van der Waals surface area contributed by atoms with Crippen LogP contribution in [0.25, 0.3) is 0 Å². The first-order valence-electron chi connectivity index (χ1n) is 5.62. The van der Waals surface area contributed by atoms with Gasteiger partial charge in [0.05, 0.1) is 18.4 Å². The van der Waals surface area contributed by atoms with Crippen molar-refractivity contribution in [3.63, 3.8) is 0 Å². The number of amides is 2. The Morgan fingerprint density at radius 3 is 2.47 bits per heavy atom. The topological polar surface area (TPSA) is 84.5 Å². The summed E-state index contributed by atoms with van der Waals surface area (Å²) < 4.78 is 4.63. The van der Waals surface area contributed by atoms with Crippen molar-refractivity contribution in [1.82, 2.24) is 5.32 Å². The van der Waals surface area contributed by atoms with Crippen LogP contribution >= 0.6 is 0 Å². The minimum absolute atomic E-state index is 0.250. The molecule has 0 spiro atoms. The Morgan fingerprint density at radius 1 is 1.26 bits per heavy atom. The zero-order chi connectivity index (χ0) is 14.5. The second-order valence-corrected chi connectivity index (χ2v) is 4.38. The van der Waals surface area contributed by atoms with E-state index in [4.69, 9.17) is 0 Å². The number of carbonyl (C=O) groups is 3. The maximum absolute atomic E-state index is 12.0. The zero-order valence-corrected chi connectivity index (χ0v) is 11.0. The minimum Gasteiger partial charge on any atom is -0.465 e. The maximum atomic E-state index is 12.0. The molecule has 19 heavy (non-hydrogen) atoms. The van der Waals surface area contributed by atoms with Crippen LogP contribution in [0.2, 0.25) is 0 Å². The molecule has 1 aromatic rings. The minimum atomic E-state index is -1.08. The van der Waals surface area contributed by atoms with Gasteiger partial charge in [0, 0.05) is 0 Å². The second-order valence-electron chi connectivity index (χ2n) is 4.38. The van der Waals surface area contributed by atoms with Crippen LogP contribution in [-0.2, 0) is 14.3 Å². The molecule has 0 atom stereocenters. The van der Waals surface area contributed by atoms with Crippen LogP contribution in [0.5, 0.6) is 0 Å². The molecule has 102 valence electrons. The van der Waals surface area contributed by atoms with Gasteiger partial charge in [0.15, 0.2) is 0 Å². The van der Waals surface area contributed by atoms with Gasteiger partial charge in [-0.2, -0.15) is 0 Å². The number of nitrogens with one attached hydrogen (secondary N) is 2. The third-order valence-electron chi connectivity index (χ3n) is 2.57. The van der Waals surface area contributed by atoms with E-state index in [0.717, 1.165) is 0 Å². The summed E-state index contributed by atoms with van der Waals surface area (Å²) in [7, 11) is 1.26. The fourth-order valence-corrected chi connectivity index (χ4v) is 1.37. The highest BCUT2D eigenvalue weighted by Gasteiger charge is 2.27. The number of anilines is 1. The average Bonchev–Trinajstić information content (AvgIpc) is 2.38. The Labute approximate surface area is 111 Å². The number of rotatable bonds is 5. The lowest BCUT2D eigenvalue weighted by molar-refractivity contribution is -0.124. The molecule has 0 aliphatic rings. The van der Waals surface area contributed by atoms with Gasteiger partial charge in [-0.25, -0.2) is 4.79 Å². The van der Waals surface area contributed by atoms with Crippen LogP contribution < -0.4 is 10.6 Å². The van der Waals surface area contributed by atoms with E-state index in [1.165, 1.54) is 7.11 Å². The summed E-state index contributed by atoms with van der Waals surface area (Å²) in [6.07, 6.45) is 0.450. The number of esters is 1. The van der Waals surface area contributed by atoms with Crippen molar-refractivity contribution in [3.05, 3.63) is 29.8 Å². The van der Waals surface area contributed by atoms with Crippen molar-refractivity contribution in [2.24, 2.45) is 0 Å². The normalized spacial score (nSPS) is 10.5. The summed E-state index contributed by atoms with van der Waals surface area (Å²) in [5, 5.41) is 4.99. The maximum Gasteiger partial charge on any atom is 0.339 e. The third kappa shape index (κ3) is 3.54. The Hall–Kier alpha value is -2.37. The quantitative estimate of drug-likeness (QED) is 0.612. The van der Waals surface area contributed by atoms with Gasteiger partial charge in [0.2, 0.25) is 12.3 Å². The van der Waals surface area contributed by atoms with Gasteiger partial charge in [0.1, 0.15) is 5.54 Å². The van der Waals surface area contributed by atoms with Gasteiger partial charge in [0.25, 0.3) is 0 Å². The molecule has 2 N–H and O–H groups in total. The van der Waals surface area contributed by atoms with Gasteiger partial charge < -0.3 is 15.4 Å². The highest BCUT2D eigenvalue weighted by Crippen LogP contribution is 2.17. The monoisotopic (exact) mass is 264 g/mol. The van der Waals surface area contributed by atoms with Crippen molar-refractivity contribution in [2.75, 3.05) is 12.4 Å². The van der Waals surface area contributed by atoms with Crippen molar-refractivity contribution >= 4 is 24.0 Å². The lowest BCUT2D eigenvalue weighted by Gasteiger charge is -2.23. The highest BCUT2D eigenvalue weighted by molar-refractivity contribution is 6.04. The molecule has 6 nitrogen and oxygen atoms in total. The average molecular weight is 264 g/mol. The Bertz CT molecular complexity index is 497. The molecule has 0 saturated carbocycles. The molecular weight excluding hydrogens is 248 g/mol. The van der Waals surface area contributed by atoms with E-state index in [0.29, 0.717) is 12.1 Å². The van der Waals surface area contributed by atoms with Crippen molar-refractivity contribution in [3.8, 4) is 0 Å². The predicted octanol–water partition coefficient (Wildman–Crippen LogP) is 0.936. The molecule has 0 aromatic heterocycles. The summed E-state index contributed by atoms with van der Waals surface area (Å²) in [5.41, 5.74) is -0.495. The third-order valence-corrected chi connectivity index (χ3v) is 2.57. The first-order chi connectivity index (χ1) is 8.92. The fourth-order valence-electron chi connectivity index (χ4n) is 1.37. The van der Waals surface area contributed by atoms with Crippen LogP contribution in [0.4, 0.5) is 5.69 Å². The van der Waals surface area contributed by atoms with Gasteiger partial charge in [-0.3, -0.25) is 9.59 Å². The van der Waals surface area contributed by atoms with E-state index in [-0.39, 0.29) is 5.56 Å². The first-order valence-corrected chi connectivity index (χ1v) is 5.62. The van der Waals surface area contributed by atoms with Crippen molar-refractivity contribution in [1.29, 1.82) is 0 Å². The van der Waals surface area contributed by atoms with Crippen LogP contribution in [-0.4, -0.2) is 30.9 Å². The summed E-state index contributed by atoms with van der Waals surface area (Å²) in [5.74, 6) is -0.979. The molecule has 0 aliphatic heterocycles. The van der Waals surface area contributed by atoms with Gasteiger partial charge in [-0.05, 0) is 26.0 Å². The molecule has 0 radical (unpaired) electrons. The summed E-state index contributed by atoms with van der Waals surface area (Å²) in [6.45, 7) is 3.11. The smallest absolute Gasteiger partial charge is 0.339 e. The van der Waals surface area contributed by atoms with Crippen LogP contribution in [0.1, 0.15) is 24.2 Å². The number of benzene rings is 1. The zero-order valence-electron chi connectivity index (χ0n) is 11.0. The van der Waals surface area contributed by atoms with E-state index in [1.54, 1.807) is 38.1 Å². The summed E-state index contributed by atoms with van der Waals surface area (Å²) >= 11 is 0. The molecule has 1 rings (SSSR count). The number of hydrogen-bond acceptors (Lipinski definition) is 4. The van der Waals surface area contributed by atoms with Crippen LogP contribution in [0.15, 0.2) is 24.3 Å². The molecule has 0 aliphatic carbocycles. The number of para-hydroxylation sites is 1. The number of ether oxygens (including phenoxy) is 1. The Kier molecular flexibility index (Phi) is 4.63. The van der Waals surface area contributed by atoms with Crippen molar-refractivity contribution in [2.45, 2.75) is 19.4 Å². The molecule has 0 unspecified atom stereocenters. The Balaban J connectivity index is 2.97. The molecule has 1 aromatic carbocycles. The SMILES string of the molecule is COC(=O)c1ccccc1NC(=O)C(C)(C)NC=O. The molecular formula is C13H16N2O4. The standard InChI is InChI=1S/C13H16N2O4/c1-13(2,14-8-16)12(18)15-10-7-5-4-6-9(10)11(17)19-3/h4-8H,1-3H3,(H,14,16)(H,15,18). The van der Waals surface area contributed by atoms with E-state index in [2.05, 4.69) is 15.4 Å². The molecule has 0 bridgehead atoms. The molecule has 6 heteroatoms. The number of hydrogen-bond donors (Lipinski definition) is 2. The first kappa shape index (κ1) is 14.7. The number of carbonyl (C=O) groups excluding carboxylic acids is 3. The largest absolute Gasteiger partial charge is 0.465 e.